The summed E-state index contributed by atoms with van der Waals surface area (Å²) in [6.45, 7) is 9.92. The van der Waals surface area contributed by atoms with Crippen molar-refractivity contribution < 1.29 is 14.3 Å². The molecule has 2 rings (SSSR count). The van der Waals surface area contributed by atoms with E-state index in [9.17, 15) is 9.59 Å². The van der Waals surface area contributed by atoms with Crippen LogP contribution < -0.4 is 5.32 Å². The number of amides is 2. The van der Waals surface area contributed by atoms with Gasteiger partial charge in [-0.1, -0.05) is 0 Å². The van der Waals surface area contributed by atoms with Crippen LogP contribution in [0.2, 0.25) is 0 Å². The summed E-state index contributed by atoms with van der Waals surface area (Å²) < 4.78 is 5.41. The highest BCUT2D eigenvalue weighted by Gasteiger charge is 2.31. The fraction of sp³-hybridized carbons (Fsp3) is 0.688. The van der Waals surface area contributed by atoms with Gasteiger partial charge in [0.05, 0.1) is 12.0 Å². The van der Waals surface area contributed by atoms with Gasteiger partial charge in [-0.3, -0.25) is 9.89 Å². The summed E-state index contributed by atoms with van der Waals surface area (Å²) in [5.41, 5.74) is 0.488. The Balaban J connectivity index is 2.12. The number of hydrogen-bond donors (Lipinski definition) is 2. The van der Waals surface area contributed by atoms with Gasteiger partial charge in [-0.05, 0) is 34.6 Å². The molecule has 2 heterocycles. The van der Waals surface area contributed by atoms with E-state index in [2.05, 4.69) is 15.5 Å². The lowest BCUT2D eigenvalue weighted by atomic mass is 9.95. The van der Waals surface area contributed by atoms with E-state index in [1.165, 1.54) is 0 Å². The van der Waals surface area contributed by atoms with Gasteiger partial charge < -0.3 is 15.0 Å². The Labute approximate surface area is 147 Å². The van der Waals surface area contributed by atoms with Gasteiger partial charge in [0.25, 0.3) is 0 Å². The van der Waals surface area contributed by atoms with E-state index in [1.807, 2.05) is 20.8 Å². The summed E-state index contributed by atoms with van der Waals surface area (Å²) in [4.78, 5) is 26.2. The second-order valence-electron chi connectivity index (χ2n) is 7.65. The zero-order valence-corrected chi connectivity index (χ0v) is 15.6. The summed E-state index contributed by atoms with van der Waals surface area (Å²) in [6, 6.07) is 0. The van der Waals surface area contributed by atoms with Crippen molar-refractivity contribution in [3.8, 4) is 0 Å². The molecule has 2 amide bonds. The molecule has 1 aliphatic heterocycles. The van der Waals surface area contributed by atoms with E-state index < -0.39 is 11.0 Å². The highest BCUT2D eigenvalue weighted by molar-refractivity contribution is 6.20. The van der Waals surface area contributed by atoms with Gasteiger partial charge >= 0.3 is 6.09 Å². The van der Waals surface area contributed by atoms with Crippen molar-refractivity contribution in [1.29, 1.82) is 0 Å². The molecule has 1 aromatic heterocycles. The van der Waals surface area contributed by atoms with Crippen molar-refractivity contribution in [2.45, 2.75) is 53.2 Å². The Kier molecular flexibility index (Phi) is 5.13. The number of halogens is 1. The number of H-pyrrole nitrogens is 1. The molecule has 0 atom stereocenters. The van der Waals surface area contributed by atoms with Gasteiger partial charge in [-0.25, -0.2) is 4.79 Å². The monoisotopic (exact) mass is 356 g/mol. The topological polar surface area (TPSA) is 87.3 Å². The first-order valence-corrected chi connectivity index (χ1v) is 8.48. The van der Waals surface area contributed by atoms with E-state index in [0.29, 0.717) is 25.3 Å². The van der Waals surface area contributed by atoms with Gasteiger partial charge in [0.1, 0.15) is 5.60 Å². The molecule has 2 N–H and O–H groups in total. The summed E-state index contributed by atoms with van der Waals surface area (Å²) in [5.74, 6) is 0.442. The molecule has 134 valence electrons. The lowest BCUT2D eigenvalue weighted by molar-refractivity contribution is -0.123. The second kappa shape index (κ2) is 6.63. The van der Waals surface area contributed by atoms with Crippen LogP contribution in [0, 0.1) is 5.41 Å². The third-order valence-corrected chi connectivity index (χ3v) is 4.43. The fourth-order valence-corrected chi connectivity index (χ4v) is 2.34. The largest absolute Gasteiger partial charge is 0.444 e. The minimum atomic E-state index is -0.701. The normalized spacial score (nSPS) is 15.0. The molecule has 8 heteroatoms. The Bertz CT molecular complexity index is 634. The SMILES string of the molecule is CC(C)(C)OC(=O)N1CCc2[nH]nc(NC(=O)C(C)(C)CCl)c2C1. The Hall–Kier alpha value is -1.76. The van der Waals surface area contributed by atoms with Crippen molar-refractivity contribution >= 4 is 29.4 Å². The smallest absolute Gasteiger partial charge is 0.410 e. The number of rotatable bonds is 3. The Morgan fingerprint density at radius 2 is 2.00 bits per heavy atom. The number of anilines is 1. The number of aromatic nitrogens is 2. The summed E-state index contributed by atoms with van der Waals surface area (Å²) in [7, 11) is 0. The number of hydrogen-bond acceptors (Lipinski definition) is 4. The first-order valence-electron chi connectivity index (χ1n) is 7.95. The van der Waals surface area contributed by atoms with Crippen LogP contribution in [-0.4, -0.2) is 45.1 Å². The molecule has 0 bridgehead atoms. The van der Waals surface area contributed by atoms with Crippen LogP contribution in [0.3, 0.4) is 0 Å². The highest BCUT2D eigenvalue weighted by Crippen LogP contribution is 2.27. The molecule has 0 aromatic carbocycles. The van der Waals surface area contributed by atoms with Crippen molar-refractivity contribution in [3.63, 3.8) is 0 Å². The third-order valence-electron chi connectivity index (χ3n) is 3.77. The predicted molar refractivity (Wildman–Crippen MR) is 92.1 cm³/mol. The molecule has 7 nitrogen and oxygen atoms in total. The number of carbonyl (C=O) groups is 2. The van der Waals surface area contributed by atoms with Gasteiger partial charge in [0.15, 0.2) is 5.82 Å². The zero-order valence-electron chi connectivity index (χ0n) is 14.8. The minimum absolute atomic E-state index is 0.204. The Morgan fingerprint density at radius 3 is 2.58 bits per heavy atom. The van der Waals surface area contributed by atoms with E-state index in [0.717, 1.165) is 11.3 Å². The van der Waals surface area contributed by atoms with Crippen LogP contribution in [0.1, 0.15) is 45.9 Å². The molecule has 0 radical (unpaired) electrons. The van der Waals surface area contributed by atoms with Crippen molar-refractivity contribution in [2.75, 3.05) is 17.7 Å². The maximum Gasteiger partial charge on any atom is 0.410 e. The number of carbonyl (C=O) groups excluding carboxylic acids is 2. The first-order chi connectivity index (χ1) is 11.0. The first kappa shape index (κ1) is 18.6. The van der Waals surface area contributed by atoms with Crippen LogP contribution in [0.15, 0.2) is 0 Å². The summed E-state index contributed by atoms with van der Waals surface area (Å²) in [5, 5.41) is 9.91. The standard InChI is InChI=1S/C16H25ClN4O3/c1-15(2,3)24-14(23)21-7-6-11-10(8-21)12(20-19-11)18-13(22)16(4,5)9-17/h6-9H2,1-5H3,(H2,18,19,20,22). The summed E-state index contributed by atoms with van der Waals surface area (Å²) in [6.07, 6.45) is 0.267. The van der Waals surface area contributed by atoms with Gasteiger partial charge in [0.2, 0.25) is 5.91 Å². The predicted octanol–water partition coefficient (Wildman–Crippen LogP) is 2.91. The zero-order chi connectivity index (χ0) is 18.1. The van der Waals surface area contributed by atoms with Crippen molar-refractivity contribution in [1.82, 2.24) is 15.1 Å². The maximum absolute atomic E-state index is 12.3. The van der Waals surface area contributed by atoms with E-state index in [-0.39, 0.29) is 17.9 Å². The number of alkyl halides is 1. The molecule has 0 unspecified atom stereocenters. The molecular formula is C16H25ClN4O3. The fourth-order valence-electron chi connectivity index (χ4n) is 2.22. The lowest BCUT2D eigenvalue weighted by Crippen LogP contribution is -2.40. The molecule has 1 aliphatic rings. The number of ether oxygens (including phenoxy) is 1. The number of fused-ring (bicyclic) bond motifs is 1. The van der Waals surface area contributed by atoms with E-state index in [1.54, 1.807) is 18.7 Å². The minimum Gasteiger partial charge on any atom is -0.444 e. The van der Waals surface area contributed by atoms with Crippen molar-refractivity contribution in [3.05, 3.63) is 11.3 Å². The van der Waals surface area contributed by atoms with Crippen LogP contribution in [0.25, 0.3) is 0 Å². The summed E-state index contributed by atoms with van der Waals surface area (Å²) >= 11 is 5.84. The molecule has 0 saturated carbocycles. The molecule has 0 aliphatic carbocycles. The average molecular weight is 357 g/mol. The average Bonchev–Trinajstić information content (AvgIpc) is 2.87. The van der Waals surface area contributed by atoms with Crippen LogP contribution in [0.4, 0.5) is 10.6 Å². The lowest BCUT2D eigenvalue weighted by Gasteiger charge is -2.30. The molecule has 0 saturated heterocycles. The maximum atomic E-state index is 12.3. The van der Waals surface area contributed by atoms with Crippen LogP contribution in [0.5, 0.6) is 0 Å². The molecular weight excluding hydrogens is 332 g/mol. The van der Waals surface area contributed by atoms with E-state index >= 15 is 0 Å². The molecule has 0 fully saturated rings. The second-order valence-corrected chi connectivity index (χ2v) is 7.92. The molecule has 0 spiro atoms. The van der Waals surface area contributed by atoms with Gasteiger partial charge in [-0.2, -0.15) is 5.10 Å². The van der Waals surface area contributed by atoms with E-state index in [4.69, 9.17) is 16.3 Å². The van der Waals surface area contributed by atoms with Crippen molar-refractivity contribution in [2.24, 2.45) is 5.41 Å². The number of aromatic amines is 1. The van der Waals surface area contributed by atoms with Gasteiger partial charge in [0, 0.05) is 30.1 Å². The molecule has 1 aromatic rings. The molecule has 24 heavy (non-hydrogen) atoms. The van der Waals surface area contributed by atoms with Gasteiger partial charge in [-0.15, -0.1) is 11.6 Å². The van der Waals surface area contributed by atoms with Crippen LogP contribution in [-0.2, 0) is 22.5 Å². The number of nitrogens with one attached hydrogen (secondary N) is 2. The quantitative estimate of drug-likeness (QED) is 0.815. The Morgan fingerprint density at radius 1 is 1.33 bits per heavy atom. The van der Waals surface area contributed by atoms with Crippen LogP contribution >= 0.6 is 11.6 Å². The highest BCUT2D eigenvalue weighted by atomic mass is 35.5. The third kappa shape index (κ3) is 4.20. The number of nitrogens with zero attached hydrogens (tertiary/aromatic N) is 2.